The van der Waals surface area contributed by atoms with E-state index in [0.29, 0.717) is 16.5 Å². The maximum Gasteiger partial charge on any atom is 0.427 e. The predicted octanol–water partition coefficient (Wildman–Crippen LogP) is 3.06. The zero-order chi connectivity index (χ0) is 13.2. The summed E-state index contributed by atoms with van der Waals surface area (Å²) in [4.78, 5) is 5.44. The molecule has 0 saturated carbocycles. The third-order valence-electron chi connectivity index (χ3n) is 3.07. The highest BCUT2D eigenvalue weighted by atomic mass is 32.1. The van der Waals surface area contributed by atoms with Gasteiger partial charge in [-0.2, -0.15) is 13.2 Å². The van der Waals surface area contributed by atoms with Gasteiger partial charge in [-0.25, -0.2) is 4.98 Å². The Morgan fingerprint density at radius 3 is 2.94 bits per heavy atom. The van der Waals surface area contributed by atoms with Crippen LogP contribution in [0.15, 0.2) is 6.20 Å². The summed E-state index contributed by atoms with van der Waals surface area (Å²) in [6, 6.07) is 0.200. The molecule has 0 bridgehead atoms. The first kappa shape index (κ1) is 13.6. The number of hydrogen-bond acceptors (Lipinski definition) is 4. The lowest BCUT2D eigenvalue weighted by Gasteiger charge is -2.32. The van der Waals surface area contributed by atoms with Crippen LogP contribution in [0.3, 0.4) is 0 Å². The normalized spacial score (nSPS) is 22.1. The van der Waals surface area contributed by atoms with Gasteiger partial charge in [0.05, 0.1) is 6.20 Å². The third-order valence-corrected chi connectivity index (χ3v) is 4.04. The quantitative estimate of drug-likeness (QED) is 0.921. The molecule has 0 amide bonds. The average molecular weight is 279 g/mol. The van der Waals surface area contributed by atoms with Crippen LogP contribution in [-0.2, 0) is 6.18 Å². The van der Waals surface area contributed by atoms with Crippen LogP contribution in [-0.4, -0.2) is 35.6 Å². The second-order valence-electron chi connectivity index (χ2n) is 4.40. The highest BCUT2D eigenvalue weighted by Crippen LogP contribution is 2.35. The van der Waals surface area contributed by atoms with Gasteiger partial charge < -0.3 is 10.2 Å². The summed E-state index contributed by atoms with van der Waals surface area (Å²) < 4.78 is 37.3. The summed E-state index contributed by atoms with van der Waals surface area (Å²) in [7, 11) is 0. The maximum absolute atomic E-state index is 12.4. The Balaban J connectivity index is 1.95. The van der Waals surface area contributed by atoms with E-state index in [2.05, 4.69) is 22.1 Å². The number of halogens is 3. The molecule has 1 saturated heterocycles. The number of nitrogens with one attached hydrogen (secondary N) is 1. The molecule has 2 rings (SSSR count). The first-order chi connectivity index (χ1) is 8.49. The van der Waals surface area contributed by atoms with Gasteiger partial charge in [0, 0.05) is 12.6 Å². The van der Waals surface area contributed by atoms with Crippen molar-refractivity contribution in [2.75, 3.05) is 25.0 Å². The van der Waals surface area contributed by atoms with Crippen molar-refractivity contribution >= 4 is 16.5 Å². The molecule has 2 heterocycles. The van der Waals surface area contributed by atoms with E-state index in [-0.39, 0.29) is 6.04 Å². The molecule has 1 aromatic rings. The zero-order valence-corrected chi connectivity index (χ0v) is 10.9. The van der Waals surface area contributed by atoms with Gasteiger partial charge in [0.1, 0.15) is 4.88 Å². The maximum atomic E-state index is 12.4. The molecule has 1 unspecified atom stereocenters. The van der Waals surface area contributed by atoms with E-state index < -0.39 is 11.1 Å². The molecule has 1 aliphatic rings. The largest absolute Gasteiger partial charge is 0.427 e. The van der Waals surface area contributed by atoms with Crippen molar-refractivity contribution < 1.29 is 13.2 Å². The van der Waals surface area contributed by atoms with E-state index in [4.69, 9.17) is 0 Å². The first-order valence-corrected chi connectivity index (χ1v) is 6.82. The van der Waals surface area contributed by atoms with Gasteiger partial charge in [0.2, 0.25) is 0 Å². The number of nitrogens with zero attached hydrogens (tertiary/aromatic N) is 2. The second kappa shape index (κ2) is 5.44. The standard InChI is InChI=1S/C11H16F3N3S/c1-2-17-5-3-4-8(7-17)16-10-15-6-9(18-10)11(12,13)14/h6,8H,2-5,7H2,1H3,(H,15,16). The van der Waals surface area contributed by atoms with Gasteiger partial charge in [-0.15, -0.1) is 0 Å². The lowest BCUT2D eigenvalue weighted by atomic mass is 10.1. The molecular weight excluding hydrogens is 263 g/mol. The number of piperidine rings is 1. The summed E-state index contributed by atoms with van der Waals surface area (Å²) >= 11 is 0.677. The van der Waals surface area contributed by atoms with Crippen molar-refractivity contribution in [1.82, 2.24) is 9.88 Å². The number of rotatable bonds is 3. The predicted molar refractivity (Wildman–Crippen MR) is 65.9 cm³/mol. The van der Waals surface area contributed by atoms with E-state index in [9.17, 15) is 13.2 Å². The van der Waals surface area contributed by atoms with E-state index in [1.807, 2.05) is 0 Å². The number of thiazole rings is 1. The van der Waals surface area contributed by atoms with Gasteiger partial charge >= 0.3 is 6.18 Å². The zero-order valence-electron chi connectivity index (χ0n) is 10.1. The van der Waals surface area contributed by atoms with Crippen molar-refractivity contribution in [3.63, 3.8) is 0 Å². The number of aromatic nitrogens is 1. The lowest BCUT2D eigenvalue weighted by Crippen LogP contribution is -2.41. The minimum atomic E-state index is -4.29. The van der Waals surface area contributed by atoms with Crippen LogP contribution in [0, 0.1) is 0 Å². The summed E-state index contributed by atoms with van der Waals surface area (Å²) in [6.07, 6.45) is -1.34. The topological polar surface area (TPSA) is 28.2 Å². The van der Waals surface area contributed by atoms with Crippen molar-refractivity contribution in [1.29, 1.82) is 0 Å². The highest BCUT2D eigenvalue weighted by Gasteiger charge is 2.33. The number of likely N-dealkylation sites (N-methyl/N-ethyl adjacent to an activating group) is 1. The van der Waals surface area contributed by atoms with E-state index in [1.165, 1.54) is 0 Å². The van der Waals surface area contributed by atoms with Gasteiger partial charge in [0.15, 0.2) is 5.13 Å². The van der Waals surface area contributed by atoms with Crippen LogP contribution in [0.4, 0.5) is 18.3 Å². The SMILES string of the molecule is CCN1CCCC(Nc2ncc(C(F)(F)F)s2)C1. The summed E-state index contributed by atoms with van der Waals surface area (Å²) in [5, 5.41) is 3.47. The molecule has 7 heteroatoms. The van der Waals surface area contributed by atoms with Crippen molar-refractivity contribution in [2.45, 2.75) is 32.0 Å². The number of hydrogen-bond donors (Lipinski definition) is 1. The van der Waals surface area contributed by atoms with E-state index >= 15 is 0 Å². The lowest BCUT2D eigenvalue weighted by molar-refractivity contribution is -0.134. The number of anilines is 1. The van der Waals surface area contributed by atoms with E-state index in [0.717, 1.165) is 38.7 Å². The molecule has 1 N–H and O–H groups in total. The van der Waals surface area contributed by atoms with Crippen LogP contribution in [0.1, 0.15) is 24.6 Å². The number of likely N-dealkylation sites (tertiary alicyclic amines) is 1. The van der Waals surface area contributed by atoms with Gasteiger partial charge in [-0.05, 0) is 25.9 Å². The molecule has 102 valence electrons. The molecular formula is C11H16F3N3S. The average Bonchev–Trinajstić information content (AvgIpc) is 2.77. The molecule has 0 aromatic carbocycles. The van der Waals surface area contributed by atoms with Gasteiger partial charge in [0.25, 0.3) is 0 Å². The molecule has 0 radical (unpaired) electrons. The summed E-state index contributed by atoms with van der Waals surface area (Å²) in [6.45, 7) is 5.01. The van der Waals surface area contributed by atoms with Crippen molar-refractivity contribution in [2.24, 2.45) is 0 Å². The van der Waals surface area contributed by atoms with Crippen molar-refractivity contribution in [3.8, 4) is 0 Å². The molecule has 18 heavy (non-hydrogen) atoms. The van der Waals surface area contributed by atoms with Crippen molar-refractivity contribution in [3.05, 3.63) is 11.1 Å². The Kier molecular flexibility index (Phi) is 4.11. The van der Waals surface area contributed by atoms with Gasteiger partial charge in [-0.3, -0.25) is 0 Å². The Bertz CT molecular complexity index is 391. The Labute approximate surface area is 108 Å². The third kappa shape index (κ3) is 3.35. The number of alkyl halides is 3. The fourth-order valence-electron chi connectivity index (χ4n) is 2.11. The highest BCUT2D eigenvalue weighted by molar-refractivity contribution is 7.15. The van der Waals surface area contributed by atoms with Crippen LogP contribution in [0.5, 0.6) is 0 Å². The fraction of sp³-hybridized carbons (Fsp3) is 0.727. The molecule has 1 aliphatic heterocycles. The van der Waals surface area contributed by atoms with E-state index in [1.54, 1.807) is 0 Å². The first-order valence-electron chi connectivity index (χ1n) is 6.01. The molecule has 0 spiro atoms. The molecule has 3 nitrogen and oxygen atoms in total. The summed E-state index contributed by atoms with van der Waals surface area (Å²) in [5.41, 5.74) is 0. The Morgan fingerprint density at radius 1 is 1.56 bits per heavy atom. The second-order valence-corrected chi connectivity index (χ2v) is 5.43. The molecule has 0 aliphatic carbocycles. The Hall–Kier alpha value is -0.820. The van der Waals surface area contributed by atoms with Crippen LogP contribution in [0.25, 0.3) is 0 Å². The minimum absolute atomic E-state index is 0.200. The molecule has 1 fully saturated rings. The fourth-order valence-corrected chi connectivity index (χ4v) is 2.87. The van der Waals surface area contributed by atoms with Crippen LogP contribution >= 0.6 is 11.3 Å². The molecule has 1 atom stereocenters. The van der Waals surface area contributed by atoms with Gasteiger partial charge in [-0.1, -0.05) is 18.3 Å². The summed E-state index contributed by atoms with van der Waals surface area (Å²) in [5.74, 6) is 0. The molecule has 1 aromatic heterocycles. The smallest absolute Gasteiger partial charge is 0.357 e. The Morgan fingerprint density at radius 2 is 2.33 bits per heavy atom. The van der Waals surface area contributed by atoms with Crippen LogP contribution < -0.4 is 5.32 Å². The minimum Gasteiger partial charge on any atom is -0.357 e. The van der Waals surface area contributed by atoms with Crippen LogP contribution in [0.2, 0.25) is 0 Å². The monoisotopic (exact) mass is 279 g/mol.